The quantitative estimate of drug-likeness (QED) is 0.779. The predicted octanol–water partition coefficient (Wildman–Crippen LogP) is 5.43. The smallest absolute Gasteiger partial charge is 0.307 e. The number of nitrogens with zero attached hydrogens (tertiary/aromatic N) is 2. The summed E-state index contributed by atoms with van der Waals surface area (Å²) in [4.78, 5) is 19.3. The van der Waals surface area contributed by atoms with Crippen molar-refractivity contribution in [1.82, 2.24) is 4.90 Å². The van der Waals surface area contributed by atoms with E-state index in [2.05, 4.69) is 17.2 Å². The van der Waals surface area contributed by atoms with Crippen LogP contribution in [0.25, 0.3) is 0 Å². The van der Waals surface area contributed by atoms with Gasteiger partial charge in [-0.15, -0.1) is 0 Å². The minimum Gasteiger partial charge on any atom is -0.307 e. The van der Waals surface area contributed by atoms with Crippen molar-refractivity contribution >= 4 is 40.2 Å². The van der Waals surface area contributed by atoms with Crippen LogP contribution in [-0.2, 0) is 0 Å². The molecule has 2 aromatic rings. The number of amidine groups is 1. The van der Waals surface area contributed by atoms with Crippen LogP contribution in [0.2, 0.25) is 5.02 Å². The predicted molar refractivity (Wildman–Crippen MR) is 107 cm³/mol. The van der Waals surface area contributed by atoms with Crippen molar-refractivity contribution in [3.63, 3.8) is 0 Å². The van der Waals surface area contributed by atoms with Gasteiger partial charge in [0.2, 0.25) is 0 Å². The third kappa shape index (κ3) is 4.35. The van der Waals surface area contributed by atoms with E-state index in [-0.39, 0.29) is 12.1 Å². The fraction of sp³-hybridized carbons (Fsp3) is 0.263. The van der Waals surface area contributed by atoms with E-state index in [0.717, 1.165) is 17.3 Å². The molecule has 1 heterocycles. The highest BCUT2D eigenvalue weighted by Crippen LogP contribution is 2.30. The summed E-state index contributed by atoms with van der Waals surface area (Å²) in [5.41, 5.74) is 1.73. The number of benzene rings is 2. The molecule has 0 saturated heterocycles. The van der Waals surface area contributed by atoms with Gasteiger partial charge in [0.1, 0.15) is 0 Å². The van der Waals surface area contributed by atoms with E-state index in [1.807, 2.05) is 49.4 Å². The number of anilines is 1. The minimum absolute atomic E-state index is 0.128. The summed E-state index contributed by atoms with van der Waals surface area (Å²) in [6.45, 7) is 4.85. The Balaban J connectivity index is 1.87. The number of nitrogens with one attached hydrogen (secondary N) is 1. The summed E-state index contributed by atoms with van der Waals surface area (Å²) in [6.07, 6.45) is 0. The van der Waals surface area contributed by atoms with Crippen LogP contribution in [0.3, 0.4) is 0 Å². The van der Waals surface area contributed by atoms with Gasteiger partial charge in [-0.1, -0.05) is 66.7 Å². The van der Waals surface area contributed by atoms with Crippen molar-refractivity contribution in [3.8, 4) is 0 Å². The third-order valence-corrected chi connectivity index (χ3v) is 5.28. The van der Waals surface area contributed by atoms with Crippen molar-refractivity contribution in [2.75, 3.05) is 11.9 Å². The third-order valence-electron chi connectivity index (χ3n) is 3.96. The number of hydrogen-bond acceptors (Lipinski definition) is 3. The van der Waals surface area contributed by atoms with Crippen LogP contribution in [-0.4, -0.2) is 27.9 Å². The molecule has 2 aromatic carbocycles. The van der Waals surface area contributed by atoms with Gasteiger partial charge >= 0.3 is 6.03 Å². The summed E-state index contributed by atoms with van der Waals surface area (Å²) in [7, 11) is 0. The van der Waals surface area contributed by atoms with E-state index in [9.17, 15) is 4.79 Å². The van der Waals surface area contributed by atoms with E-state index in [1.165, 1.54) is 0 Å². The Hall–Kier alpha value is -1.98. The van der Waals surface area contributed by atoms with E-state index in [0.29, 0.717) is 16.0 Å². The number of thioether (sulfide) groups is 1. The van der Waals surface area contributed by atoms with Gasteiger partial charge in [0.05, 0.1) is 12.6 Å². The molecule has 130 valence electrons. The number of halogens is 1. The summed E-state index contributed by atoms with van der Waals surface area (Å²) in [5, 5.41) is 4.65. The van der Waals surface area contributed by atoms with Gasteiger partial charge in [-0.05, 0) is 30.7 Å². The molecule has 3 rings (SSSR count). The molecule has 0 bridgehead atoms. The molecule has 0 aliphatic carbocycles. The molecule has 1 N–H and O–H groups in total. The largest absolute Gasteiger partial charge is 0.328 e. The molecular weight excluding hydrogens is 354 g/mol. The van der Waals surface area contributed by atoms with Gasteiger partial charge in [0.25, 0.3) is 0 Å². The van der Waals surface area contributed by atoms with Crippen LogP contribution < -0.4 is 5.32 Å². The fourth-order valence-corrected chi connectivity index (χ4v) is 3.86. The van der Waals surface area contributed by atoms with Gasteiger partial charge in [-0.2, -0.15) is 0 Å². The van der Waals surface area contributed by atoms with Crippen LogP contribution >= 0.6 is 23.4 Å². The average Bonchev–Trinajstić information content (AvgIpc) is 3.01. The number of urea groups is 1. The Morgan fingerprint density at radius 3 is 2.68 bits per heavy atom. The van der Waals surface area contributed by atoms with E-state index in [1.54, 1.807) is 28.8 Å². The van der Waals surface area contributed by atoms with Crippen molar-refractivity contribution in [2.45, 2.75) is 25.1 Å². The summed E-state index contributed by atoms with van der Waals surface area (Å²) >= 11 is 7.65. The lowest BCUT2D eigenvalue weighted by atomic mass is 10.1. The molecule has 1 aliphatic rings. The molecule has 0 fully saturated rings. The highest BCUT2D eigenvalue weighted by atomic mass is 35.5. The van der Waals surface area contributed by atoms with Crippen molar-refractivity contribution < 1.29 is 4.79 Å². The second kappa shape index (κ2) is 7.93. The second-order valence-corrected chi connectivity index (χ2v) is 7.79. The molecule has 6 heteroatoms. The Morgan fingerprint density at radius 2 is 2.04 bits per heavy atom. The highest BCUT2D eigenvalue weighted by molar-refractivity contribution is 8.14. The molecule has 2 unspecified atom stereocenters. The zero-order valence-electron chi connectivity index (χ0n) is 14.1. The van der Waals surface area contributed by atoms with Crippen LogP contribution in [0.15, 0.2) is 59.6 Å². The lowest BCUT2D eigenvalue weighted by Gasteiger charge is -2.29. The Morgan fingerprint density at radius 1 is 1.28 bits per heavy atom. The van der Waals surface area contributed by atoms with E-state index < -0.39 is 0 Å². The molecular formula is C19H20ClN3OS. The monoisotopic (exact) mass is 373 g/mol. The molecule has 1 aliphatic heterocycles. The molecule has 4 nitrogen and oxygen atoms in total. The average molecular weight is 374 g/mol. The summed E-state index contributed by atoms with van der Waals surface area (Å²) in [5.74, 6) is 0. The minimum atomic E-state index is -0.209. The molecule has 2 amide bonds. The standard InChI is InChI=1S/C19H20ClN3OS/c1-13-12-21-19(25-13)23(14(2)15-7-4-3-5-8-15)18(24)22-17-10-6-9-16(20)11-17/h3-11,13-14H,12H2,1-2H3,(H,22,24). The zero-order chi connectivity index (χ0) is 17.8. The topological polar surface area (TPSA) is 44.7 Å². The number of rotatable bonds is 3. The van der Waals surface area contributed by atoms with Gasteiger partial charge in [-0.3, -0.25) is 9.89 Å². The summed E-state index contributed by atoms with van der Waals surface area (Å²) < 4.78 is 0. The number of amides is 2. The maximum absolute atomic E-state index is 13.0. The maximum atomic E-state index is 13.0. The van der Waals surface area contributed by atoms with E-state index in [4.69, 9.17) is 11.6 Å². The molecule has 0 saturated carbocycles. The SMILES string of the molecule is CC1CN=C(N(C(=O)Nc2cccc(Cl)c2)C(C)c2ccccc2)S1. The van der Waals surface area contributed by atoms with Crippen molar-refractivity contribution in [3.05, 3.63) is 65.2 Å². The number of carbonyl (C=O) groups is 1. The van der Waals surface area contributed by atoms with Gasteiger partial charge in [0, 0.05) is 16.0 Å². The van der Waals surface area contributed by atoms with Gasteiger partial charge in [-0.25, -0.2) is 4.79 Å². The molecule has 2 atom stereocenters. The van der Waals surface area contributed by atoms with E-state index >= 15 is 0 Å². The number of aliphatic imine (C=N–C) groups is 1. The number of hydrogen-bond donors (Lipinski definition) is 1. The summed E-state index contributed by atoms with van der Waals surface area (Å²) in [6, 6.07) is 16.8. The first kappa shape index (κ1) is 17.8. The van der Waals surface area contributed by atoms with Crippen molar-refractivity contribution in [2.24, 2.45) is 4.99 Å². The maximum Gasteiger partial charge on any atom is 0.328 e. The Labute approximate surface area is 157 Å². The van der Waals surface area contributed by atoms with Crippen LogP contribution in [0, 0.1) is 0 Å². The van der Waals surface area contributed by atoms with Crippen LogP contribution in [0.4, 0.5) is 10.5 Å². The first-order valence-electron chi connectivity index (χ1n) is 8.16. The van der Waals surface area contributed by atoms with Crippen LogP contribution in [0.1, 0.15) is 25.5 Å². The lowest BCUT2D eigenvalue weighted by Crippen LogP contribution is -2.40. The fourth-order valence-electron chi connectivity index (χ4n) is 2.65. The second-order valence-electron chi connectivity index (χ2n) is 5.95. The molecule has 25 heavy (non-hydrogen) atoms. The van der Waals surface area contributed by atoms with Crippen molar-refractivity contribution in [1.29, 1.82) is 0 Å². The Kier molecular flexibility index (Phi) is 5.66. The molecule has 0 spiro atoms. The first-order chi connectivity index (χ1) is 12.0. The highest BCUT2D eigenvalue weighted by Gasteiger charge is 2.30. The Bertz CT molecular complexity index is 781. The molecule has 0 aromatic heterocycles. The lowest BCUT2D eigenvalue weighted by molar-refractivity contribution is 0.225. The zero-order valence-corrected chi connectivity index (χ0v) is 15.7. The number of carbonyl (C=O) groups excluding carboxylic acids is 1. The van der Waals surface area contributed by atoms with Gasteiger partial charge in [0.15, 0.2) is 5.17 Å². The van der Waals surface area contributed by atoms with Crippen LogP contribution in [0.5, 0.6) is 0 Å². The molecule has 0 radical (unpaired) electrons. The normalized spacial score (nSPS) is 17.7. The first-order valence-corrected chi connectivity index (χ1v) is 9.42. The van der Waals surface area contributed by atoms with Gasteiger partial charge < -0.3 is 5.32 Å².